The van der Waals surface area contributed by atoms with Crippen molar-refractivity contribution in [2.24, 2.45) is 5.92 Å². The van der Waals surface area contributed by atoms with Crippen LogP contribution >= 0.6 is 11.3 Å². The monoisotopic (exact) mass is 399 g/mol. The van der Waals surface area contributed by atoms with E-state index in [0.29, 0.717) is 42.7 Å². The minimum Gasteiger partial charge on any atom is -0.356 e. The Hall–Kier alpha value is -0.960. The van der Waals surface area contributed by atoms with Crippen molar-refractivity contribution in [1.29, 1.82) is 0 Å². The van der Waals surface area contributed by atoms with E-state index in [0.717, 1.165) is 6.42 Å². The van der Waals surface area contributed by atoms with Crippen LogP contribution in [0.1, 0.15) is 39.0 Å². The number of hydrogen-bond acceptors (Lipinski definition) is 5. The van der Waals surface area contributed by atoms with Gasteiger partial charge < -0.3 is 10.2 Å². The fourth-order valence-electron chi connectivity index (χ4n) is 3.81. The van der Waals surface area contributed by atoms with Gasteiger partial charge in [0.15, 0.2) is 0 Å². The average molecular weight is 400 g/mol. The van der Waals surface area contributed by atoms with Crippen molar-refractivity contribution in [2.45, 2.75) is 49.3 Å². The molecule has 1 aromatic rings. The number of sulfonamides is 1. The predicted octanol–water partition coefficient (Wildman–Crippen LogP) is 2.14. The third kappa shape index (κ3) is 4.65. The minimum atomic E-state index is -3.39. The highest BCUT2D eigenvalue weighted by Crippen LogP contribution is 2.26. The zero-order valence-corrected chi connectivity index (χ0v) is 17.0. The van der Waals surface area contributed by atoms with Gasteiger partial charge in [-0.1, -0.05) is 6.07 Å². The summed E-state index contributed by atoms with van der Waals surface area (Å²) in [6.45, 7) is 6.11. The summed E-state index contributed by atoms with van der Waals surface area (Å²) in [4.78, 5) is 14.9. The molecule has 0 aromatic carbocycles. The van der Waals surface area contributed by atoms with Crippen LogP contribution in [0.2, 0.25) is 0 Å². The highest BCUT2D eigenvalue weighted by molar-refractivity contribution is 7.91. The van der Waals surface area contributed by atoms with E-state index in [1.54, 1.807) is 17.5 Å². The summed E-state index contributed by atoms with van der Waals surface area (Å²) in [5.74, 6) is -0.00123. The molecule has 0 radical (unpaired) electrons. The fourth-order valence-corrected chi connectivity index (χ4v) is 6.42. The number of carbonyl (C=O) groups excluding carboxylic acids is 1. The van der Waals surface area contributed by atoms with Crippen molar-refractivity contribution in [3.05, 3.63) is 17.5 Å². The molecule has 2 saturated heterocycles. The standard InChI is InChI=1S/C18H29N3O3S2/c1-15(20-10-2-3-11-20)6-9-19-18(22)16-7-12-21(13-8-16)26(23,24)17-5-4-14-25-17/h4-5,14-16H,2-3,6-13H2,1H3,(H,19,22)/t15-/m1/s1. The molecule has 0 saturated carbocycles. The predicted molar refractivity (Wildman–Crippen MR) is 104 cm³/mol. The molecule has 2 aliphatic rings. The maximum atomic E-state index is 12.5. The smallest absolute Gasteiger partial charge is 0.252 e. The summed E-state index contributed by atoms with van der Waals surface area (Å²) >= 11 is 1.24. The third-order valence-electron chi connectivity index (χ3n) is 5.54. The van der Waals surface area contributed by atoms with Crippen molar-refractivity contribution >= 4 is 27.3 Å². The van der Waals surface area contributed by atoms with Gasteiger partial charge in [-0.25, -0.2) is 8.42 Å². The number of piperidine rings is 1. The first kappa shape index (κ1) is 19.8. The third-order valence-corrected chi connectivity index (χ3v) is 8.81. The van der Waals surface area contributed by atoms with Gasteiger partial charge in [-0.3, -0.25) is 4.79 Å². The van der Waals surface area contributed by atoms with Gasteiger partial charge in [0, 0.05) is 31.6 Å². The lowest BCUT2D eigenvalue weighted by molar-refractivity contribution is -0.126. The molecule has 0 aliphatic carbocycles. The fraction of sp³-hybridized carbons (Fsp3) is 0.722. The molecule has 3 heterocycles. The number of amides is 1. The number of nitrogens with one attached hydrogen (secondary N) is 1. The number of carbonyl (C=O) groups is 1. The quantitative estimate of drug-likeness (QED) is 0.763. The Labute approximate surface area is 160 Å². The lowest BCUT2D eigenvalue weighted by Crippen LogP contribution is -2.43. The first-order chi connectivity index (χ1) is 12.5. The first-order valence-electron chi connectivity index (χ1n) is 9.54. The molecule has 2 fully saturated rings. The van der Waals surface area contributed by atoms with Crippen molar-refractivity contribution in [2.75, 3.05) is 32.7 Å². The zero-order chi connectivity index (χ0) is 18.6. The van der Waals surface area contributed by atoms with E-state index in [1.165, 1.54) is 41.6 Å². The van der Waals surface area contributed by atoms with Gasteiger partial charge in [0.2, 0.25) is 5.91 Å². The van der Waals surface area contributed by atoms with E-state index in [-0.39, 0.29) is 11.8 Å². The van der Waals surface area contributed by atoms with Crippen LogP contribution in [0.3, 0.4) is 0 Å². The van der Waals surface area contributed by atoms with Crippen LogP contribution in [-0.2, 0) is 14.8 Å². The van der Waals surface area contributed by atoms with E-state index in [9.17, 15) is 13.2 Å². The molecule has 8 heteroatoms. The molecule has 1 amide bonds. The van der Waals surface area contributed by atoms with Crippen LogP contribution < -0.4 is 5.32 Å². The van der Waals surface area contributed by atoms with Crippen molar-refractivity contribution < 1.29 is 13.2 Å². The summed E-state index contributed by atoms with van der Waals surface area (Å²) in [6, 6.07) is 3.90. The number of nitrogens with zero attached hydrogens (tertiary/aromatic N) is 2. The van der Waals surface area contributed by atoms with Crippen molar-refractivity contribution in [1.82, 2.24) is 14.5 Å². The molecule has 0 bridgehead atoms. The average Bonchev–Trinajstić information content (AvgIpc) is 3.35. The molecule has 2 aliphatic heterocycles. The highest BCUT2D eigenvalue weighted by Gasteiger charge is 2.32. The highest BCUT2D eigenvalue weighted by atomic mass is 32.2. The molecule has 1 N–H and O–H groups in total. The molecule has 26 heavy (non-hydrogen) atoms. The van der Waals surface area contributed by atoms with Gasteiger partial charge in [-0.05, 0) is 63.6 Å². The van der Waals surface area contributed by atoms with Gasteiger partial charge in [-0.15, -0.1) is 11.3 Å². The summed E-state index contributed by atoms with van der Waals surface area (Å²) in [6.07, 6.45) is 4.72. The maximum absolute atomic E-state index is 12.5. The van der Waals surface area contributed by atoms with Gasteiger partial charge in [0.25, 0.3) is 10.0 Å². The Balaban J connectivity index is 1.41. The Kier molecular flexibility index (Phi) is 6.71. The number of hydrogen-bond donors (Lipinski definition) is 1. The molecule has 146 valence electrons. The summed E-state index contributed by atoms with van der Waals surface area (Å²) in [7, 11) is -3.39. The topological polar surface area (TPSA) is 69.7 Å². The van der Waals surface area contributed by atoms with Crippen LogP contribution in [0, 0.1) is 5.92 Å². The number of rotatable bonds is 7. The number of thiophene rings is 1. The van der Waals surface area contributed by atoms with Crippen molar-refractivity contribution in [3.8, 4) is 0 Å². The van der Waals surface area contributed by atoms with Crippen LogP contribution in [0.5, 0.6) is 0 Å². The van der Waals surface area contributed by atoms with E-state index in [4.69, 9.17) is 0 Å². The molecule has 3 rings (SSSR count). The van der Waals surface area contributed by atoms with Gasteiger partial charge in [0.1, 0.15) is 4.21 Å². The van der Waals surface area contributed by atoms with Crippen LogP contribution in [0.25, 0.3) is 0 Å². The van der Waals surface area contributed by atoms with Crippen LogP contribution in [0.15, 0.2) is 21.7 Å². The number of likely N-dealkylation sites (tertiary alicyclic amines) is 1. The van der Waals surface area contributed by atoms with E-state index in [2.05, 4.69) is 17.1 Å². The van der Waals surface area contributed by atoms with E-state index >= 15 is 0 Å². The Morgan fingerprint density at radius 3 is 2.58 bits per heavy atom. The second-order valence-corrected chi connectivity index (χ2v) is 10.4. The SMILES string of the molecule is C[C@H](CCNC(=O)C1CCN(S(=O)(=O)c2cccs2)CC1)N1CCCC1. The molecule has 1 aromatic heterocycles. The normalized spacial score (nSPS) is 21.7. The molecular weight excluding hydrogens is 370 g/mol. The summed E-state index contributed by atoms with van der Waals surface area (Å²) < 4.78 is 27.0. The van der Waals surface area contributed by atoms with Gasteiger partial charge in [0.05, 0.1) is 0 Å². The summed E-state index contributed by atoms with van der Waals surface area (Å²) in [5.41, 5.74) is 0. The minimum absolute atomic E-state index is 0.0757. The Morgan fingerprint density at radius 2 is 1.96 bits per heavy atom. The molecule has 6 nitrogen and oxygen atoms in total. The van der Waals surface area contributed by atoms with E-state index < -0.39 is 10.0 Å². The van der Waals surface area contributed by atoms with Crippen LogP contribution in [0.4, 0.5) is 0 Å². The molecule has 0 spiro atoms. The molecule has 1 atom stereocenters. The summed E-state index contributed by atoms with van der Waals surface area (Å²) in [5, 5.41) is 4.83. The van der Waals surface area contributed by atoms with Gasteiger partial charge >= 0.3 is 0 Å². The first-order valence-corrected chi connectivity index (χ1v) is 11.9. The maximum Gasteiger partial charge on any atom is 0.252 e. The van der Waals surface area contributed by atoms with Gasteiger partial charge in [-0.2, -0.15) is 4.31 Å². The molecular formula is C18H29N3O3S2. The Bertz CT molecular complexity index is 677. The van der Waals surface area contributed by atoms with E-state index in [1.807, 2.05) is 0 Å². The Morgan fingerprint density at radius 1 is 1.27 bits per heavy atom. The second kappa shape index (κ2) is 8.82. The zero-order valence-electron chi connectivity index (χ0n) is 15.4. The lowest BCUT2D eigenvalue weighted by Gasteiger charge is -2.30. The lowest BCUT2D eigenvalue weighted by atomic mass is 9.97. The van der Waals surface area contributed by atoms with Crippen LogP contribution in [-0.4, -0.2) is 62.3 Å². The molecule has 0 unspecified atom stereocenters. The largest absolute Gasteiger partial charge is 0.356 e. The second-order valence-electron chi connectivity index (χ2n) is 7.28. The van der Waals surface area contributed by atoms with Crippen molar-refractivity contribution in [3.63, 3.8) is 0 Å².